The van der Waals surface area contributed by atoms with Crippen LogP contribution in [0.4, 0.5) is 0 Å². The quantitative estimate of drug-likeness (QED) is 0.371. The summed E-state index contributed by atoms with van der Waals surface area (Å²) in [5.74, 6) is 1.66. The fourth-order valence-electron chi connectivity index (χ4n) is 3.47. The maximum absolute atomic E-state index is 12.7. The molecule has 4 atom stereocenters. The van der Waals surface area contributed by atoms with Crippen molar-refractivity contribution in [2.75, 3.05) is 19.6 Å². The maximum atomic E-state index is 12.7. The van der Waals surface area contributed by atoms with E-state index in [0.717, 1.165) is 29.5 Å². The molecule has 2 N–H and O–H groups in total. The summed E-state index contributed by atoms with van der Waals surface area (Å²) in [5.41, 5.74) is 1.82. The minimum absolute atomic E-state index is 0. The zero-order chi connectivity index (χ0) is 19.4. The number of morpholine rings is 1. The van der Waals surface area contributed by atoms with E-state index >= 15 is 0 Å². The largest absolute Gasteiger partial charge is 0.372 e. The van der Waals surface area contributed by atoms with Crippen LogP contribution in [-0.4, -0.2) is 54.7 Å². The van der Waals surface area contributed by atoms with Gasteiger partial charge >= 0.3 is 0 Å². The number of rotatable bonds is 5. The Labute approximate surface area is 185 Å². The molecule has 1 aliphatic heterocycles. The van der Waals surface area contributed by atoms with E-state index in [1.807, 2.05) is 43.0 Å². The Bertz CT molecular complexity index is 669. The highest BCUT2D eigenvalue weighted by molar-refractivity contribution is 14.0. The molecule has 3 rings (SSSR count). The third-order valence-electron chi connectivity index (χ3n) is 5.10. The zero-order valence-corrected chi connectivity index (χ0v) is 19.6. The highest BCUT2D eigenvalue weighted by atomic mass is 127. The lowest BCUT2D eigenvalue weighted by molar-refractivity contribution is -0.0586. The molecule has 2 fully saturated rings. The molecule has 156 valence electrons. The van der Waals surface area contributed by atoms with Crippen LogP contribution in [0.1, 0.15) is 50.0 Å². The van der Waals surface area contributed by atoms with E-state index in [1.54, 1.807) is 0 Å². The minimum Gasteiger partial charge on any atom is -0.372 e. The number of ether oxygens (including phenoxy) is 1. The number of carbonyl (C=O) groups is 1. The highest BCUT2D eigenvalue weighted by Gasteiger charge is 2.33. The van der Waals surface area contributed by atoms with Crippen LogP contribution < -0.4 is 10.6 Å². The number of aliphatic imine (C=N–C) groups is 1. The van der Waals surface area contributed by atoms with Gasteiger partial charge in [-0.3, -0.25) is 4.79 Å². The summed E-state index contributed by atoms with van der Waals surface area (Å²) < 4.78 is 5.71. The summed E-state index contributed by atoms with van der Waals surface area (Å²) >= 11 is 0. The predicted octanol–water partition coefficient (Wildman–Crippen LogP) is 3.02. The van der Waals surface area contributed by atoms with Crippen LogP contribution in [0.2, 0.25) is 0 Å². The lowest BCUT2D eigenvalue weighted by Crippen LogP contribution is -2.48. The smallest absolute Gasteiger partial charge is 0.254 e. The molecule has 1 amide bonds. The fourth-order valence-corrected chi connectivity index (χ4v) is 3.47. The second-order valence-corrected chi connectivity index (χ2v) is 7.82. The summed E-state index contributed by atoms with van der Waals surface area (Å²) in [6.45, 7) is 11.1. The van der Waals surface area contributed by atoms with Crippen LogP contribution in [0.3, 0.4) is 0 Å². The molecular weight excluding hydrogens is 467 g/mol. The van der Waals surface area contributed by atoms with Gasteiger partial charge in [0.05, 0.1) is 18.8 Å². The van der Waals surface area contributed by atoms with Crippen LogP contribution in [-0.2, 0) is 11.3 Å². The SMILES string of the molecule is CCNC(=NCc1ccc(C(=O)N2CC(C)OC(C)C2)cc1)NC1CC1C.I. The number of amides is 1. The van der Waals surface area contributed by atoms with Gasteiger partial charge in [-0.1, -0.05) is 19.1 Å². The third kappa shape index (κ3) is 6.34. The standard InChI is InChI=1S/C21H32N4O2.HI/c1-5-22-21(24-19-10-14(19)2)23-11-17-6-8-18(9-7-17)20(26)25-12-15(3)27-16(4)13-25;/h6-9,14-16,19H,5,10-13H2,1-4H3,(H2,22,23,24);1H. The van der Waals surface area contributed by atoms with Crippen molar-refractivity contribution in [2.45, 2.75) is 58.9 Å². The van der Waals surface area contributed by atoms with Crippen molar-refractivity contribution in [3.05, 3.63) is 35.4 Å². The van der Waals surface area contributed by atoms with Gasteiger partial charge in [0.15, 0.2) is 5.96 Å². The minimum atomic E-state index is 0. The maximum Gasteiger partial charge on any atom is 0.254 e. The molecule has 4 unspecified atom stereocenters. The van der Waals surface area contributed by atoms with Gasteiger partial charge in [0.2, 0.25) is 0 Å². The van der Waals surface area contributed by atoms with E-state index in [4.69, 9.17) is 4.74 Å². The van der Waals surface area contributed by atoms with E-state index in [9.17, 15) is 4.79 Å². The zero-order valence-electron chi connectivity index (χ0n) is 17.3. The van der Waals surface area contributed by atoms with Crippen LogP contribution in [0.15, 0.2) is 29.3 Å². The van der Waals surface area contributed by atoms with Crippen molar-refractivity contribution in [3.8, 4) is 0 Å². The first-order chi connectivity index (χ1) is 13.0. The first-order valence-corrected chi connectivity index (χ1v) is 10.0. The summed E-state index contributed by atoms with van der Waals surface area (Å²) in [6.07, 6.45) is 1.37. The van der Waals surface area contributed by atoms with Gasteiger partial charge in [-0.25, -0.2) is 4.99 Å². The lowest BCUT2D eigenvalue weighted by Gasteiger charge is -2.35. The first-order valence-electron chi connectivity index (χ1n) is 10.0. The molecule has 6 nitrogen and oxygen atoms in total. The van der Waals surface area contributed by atoms with E-state index in [2.05, 4.69) is 29.5 Å². The Morgan fingerprint density at radius 1 is 1.18 bits per heavy atom. The second kappa shape index (κ2) is 10.4. The van der Waals surface area contributed by atoms with Crippen molar-refractivity contribution in [2.24, 2.45) is 10.9 Å². The van der Waals surface area contributed by atoms with Gasteiger partial charge in [0.25, 0.3) is 5.91 Å². The van der Waals surface area contributed by atoms with Crippen LogP contribution >= 0.6 is 24.0 Å². The number of hydrogen-bond acceptors (Lipinski definition) is 3. The fraction of sp³-hybridized carbons (Fsp3) is 0.619. The molecule has 0 spiro atoms. The summed E-state index contributed by atoms with van der Waals surface area (Å²) in [6, 6.07) is 8.34. The van der Waals surface area contributed by atoms with Crippen molar-refractivity contribution < 1.29 is 9.53 Å². The third-order valence-corrected chi connectivity index (χ3v) is 5.10. The van der Waals surface area contributed by atoms with Gasteiger partial charge in [-0.2, -0.15) is 0 Å². The van der Waals surface area contributed by atoms with Crippen molar-refractivity contribution in [1.29, 1.82) is 0 Å². The molecular formula is C21H33IN4O2. The van der Waals surface area contributed by atoms with Gasteiger partial charge < -0.3 is 20.3 Å². The monoisotopic (exact) mass is 500 g/mol. The Balaban J connectivity index is 0.00000280. The Morgan fingerprint density at radius 2 is 1.79 bits per heavy atom. The normalized spacial score (nSPS) is 27.0. The number of nitrogens with zero attached hydrogens (tertiary/aromatic N) is 2. The van der Waals surface area contributed by atoms with E-state index in [1.165, 1.54) is 6.42 Å². The van der Waals surface area contributed by atoms with E-state index in [-0.39, 0.29) is 42.1 Å². The molecule has 1 aromatic carbocycles. The number of benzene rings is 1. The number of hydrogen-bond donors (Lipinski definition) is 2. The average molecular weight is 500 g/mol. The first kappa shape index (κ1) is 22.9. The van der Waals surface area contributed by atoms with Gasteiger partial charge in [0.1, 0.15) is 0 Å². The predicted molar refractivity (Wildman–Crippen MR) is 123 cm³/mol. The van der Waals surface area contributed by atoms with Crippen LogP contribution in [0, 0.1) is 5.92 Å². The molecule has 28 heavy (non-hydrogen) atoms. The van der Waals surface area contributed by atoms with Crippen LogP contribution in [0.25, 0.3) is 0 Å². The summed E-state index contributed by atoms with van der Waals surface area (Å²) in [4.78, 5) is 19.3. The molecule has 1 aromatic rings. The summed E-state index contributed by atoms with van der Waals surface area (Å²) in [5, 5.41) is 6.75. The van der Waals surface area contributed by atoms with Gasteiger partial charge in [-0.05, 0) is 50.8 Å². The van der Waals surface area contributed by atoms with E-state index < -0.39 is 0 Å². The lowest BCUT2D eigenvalue weighted by atomic mass is 10.1. The Kier molecular flexibility index (Phi) is 8.55. The highest BCUT2D eigenvalue weighted by Crippen LogP contribution is 2.28. The Hall–Kier alpha value is -1.35. The molecule has 7 heteroatoms. The molecule has 1 aliphatic carbocycles. The number of carbonyl (C=O) groups excluding carboxylic acids is 1. The van der Waals surface area contributed by atoms with Gasteiger partial charge in [-0.15, -0.1) is 24.0 Å². The van der Waals surface area contributed by atoms with Crippen molar-refractivity contribution in [1.82, 2.24) is 15.5 Å². The van der Waals surface area contributed by atoms with Crippen molar-refractivity contribution >= 4 is 35.8 Å². The molecule has 1 heterocycles. The number of guanidine groups is 1. The molecule has 0 bridgehead atoms. The number of halogens is 1. The second-order valence-electron chi connectivity index (χ2n) is 7.82. The molecule has 2 aliphatic rings. The summed E-state index contributed by atoms with van der Waals surface area (Å²) in [7, 11) is 0. The molecule has 0 radical (unpaired) electrons. The number of nitrogens with one attached hydrogen (secondary N) is 2. The van der Waals surface area contributed by atoms with Crippen LogP contribution in [0.5, 0.6) is 0 Å². The van der Waals surface area contributed by atoms with E-state index in [0.29, 0.717) is 25.7 Å². The molecule has 1 saturated carbocycles. The average Bonchev–Trinajstić information content (AvgIpc) is 3.33. The topological polar surface area (TPSA) is 66.0 Å². The van der Waals surface area contributed by atoms with Crippen molar-refractivity contribution in [3.63, 3.8) is 0 Å². The van der Waals surface area contributed by atoms with Gasteiger partial charge in [0, 0.05) is 31.2 Å². The molecule has 0 aromatic heterocycles. The molecule has 1 saturated heterocycles. The Morgan fingerprint density at radius 3 is 2.32 bits per heavy atom.